The lowest BCUT2D eigenvalue weighted by molar-refractivity contribution is 0.297. The Kier molecular flexibility index (Phi) is 3.41. The first-order valence-corrected chi connectivity index (χ1v) is 6.17. The zero-order valence-electron chi connectivity index (χ0n) is 9.52. The monoisotopic (exact) mass is 240 g/mol. The van der Waals surface area contributed by atoms with Crippen LogP contribution < -0.4 is 0 Å². The number of phenols is 1. The topological polar surface area (TPSA) is 40.5 Å². The summed E-state index contributed by atoms with van der Waals surface area (Å²) in [5, 5.41) is 19.5. The van der Waals surface area contributed by atoms with Crippen LogP contribution >= 0.6 is 11.6 Å². The highest BCUT2D eigenvalue weighted by atomic mass is 35.5. The average molecular weight is 241 g/mol. The smallest absolute Gasteiger partial charge is 0.138 e. The van der Waals surface area contributed by atoms with Crippen LogP contribution in [0.25, 0.3) is 0 Å². The molecular weight excluding hydrogens is 224 g/mol. The van der Waals surface area contributed by atoms with E-state index in [2.05, 4.69) is 0 Å². The van der Waals surface area contributed by atoms with Gasteiger partial charge in [-0.15, -0.1) is 0 Å². The molecule has 3 heteroatoms. The lowest BCUT2D eigenvalue weighted by Crippen LogP contribution is -2.09. The Bertz CT molecular complexity index is 413. The van der Waals surface area contributed by atoms with Gasteiger partial charge in [0.15, 0.2) is 0 Å². The minimum absolute atomic E-state index is 0.0452. The molecule has 0 fully saturated rings. The molecule has 16 heavy (non-hydrogen) atoms. The number of aliphatic hydroxyl groups is 1. The maximum absolute atomic E-state index is 10.0. The van der Waals surface area contributed by atoms with Crippen molar-refractivity contribution in [3.8, 4) is 5.75 Å². The third-order valence-electron chi connectivity index (χ3n) is 3.49. The lowest BCUT2D eigenvalue weighted by atomic mass is 9.85. The Morgan fingerprint density at radius 3 is 2.44 bits per heavy atom. The first kappa shape index (κ1) is 11.7. The summed E-state index contributed by atoms with van der Waals surface area (Å²) in [4.78, 5) is 0. The van der Waals surface area contributed by atoms with Gasteiger partial charge in [0, 0.05) is 12.2 Å². The molecule has 2 nitrogen and oxygen atoms in total. The number of hydrogen-bond donors (Lipinski definition) is 2. The highest BCUT2D eigenvalue weighted by Gasteiger charge is 2.21. The van der Waals surface area contributed by atoms with Crippen LogP contribution in [0.2, 0.25) is 5.02 Å². The van der Waals surface area contributed by atoms with Crippen LogP contribution in [0.3, 0.4) is 0 Å². The molecule has 1 aliphatic carbocycles. The van der Waals surface area contributed by atoms with Crippen molar-refractivity contribution in [2.24, 2.45) is 0 Å². The Balaban J connectivity index is 2.60. The normalized spacial score (nSPS) is 14.9. The van der Waals surface area contributed by atoms with E-state index in [1.165, 1.54) is 12.0 Å². The van der Waals surface area contributed by atoms with Gasteiger partial charge in [0.1, 0.15) is 5.75 Å². The molecule has 2 N–H and O–H groups in total. The van der Waals surface area contributed by atoms with E-state index in [1.807, 2.05) is 6.92 Å². The van der Waals surface area contributed by atoms with Gasteiger partial charge in [0.05, 0.1) is 5.02 Å². The molecule has 0 unspecified atom stereocenters. The van der Waals surface area contributed by atoms with E-state index in [0.29, 0.717) is 11.4 Å². The fourth-order valence-corrected chi connectivity index (χ4v) is 2.94. The highest BCUT2D eigenvalue weighted by molar-refractivity contribution is 6.33. The van der Waals surface area contributed by atoms with Crippen LogP contribution in [0.4, 0.5) is 0 Å². The van der Waals surface area contributed by atoms with Crippen molar-refractivity contribution in [1.82, 2.24) is 0 Å². The van der Waals surface area contributed by atoms with Crippen molar-refractivity contribution in [1.29, 1.82) is 0 Å². The second kappa shape index (κ2) is 4.64. The number of aromatic hydroxyl groups is 1. The Labute approximate surface area is 101 Å². The van der Waals surface area contributed by atoms with E-state index in [4.69, 9.17) is 16.7 Å². The van der Waals surface area contributed by atoms with Crippen molar-refractivity contribution in [2.75, 3.05) is 6.61 Å². The molecule has 0 spiro atoms. The van der Waals surface area contributed by atoms with Gasteiger partial charge >= 0.3 is 0 Å². The molecule has 0 aliphatic heterocycles. The summed E-state index contributed by atoms with van der Waals surface area (Å²) < 4.78 is 0. The number of aliphatic hydroxyl groups excluding tert-OH is 1. The molecule has 0 heterocycles. The van der Waals surface area contributed by atoms with Crippen LogP contribution in [0.1, 0.15) is 35.1 Å². The summed E-state index contributed by atoms with van der Waals surface area (Å²) in [5.74, 6) is 0.175. The molecule has 0 radical (unpaired) electrons. The van der Waals surface area contributed by atoms with Crippen LogP contribution in [0.15, 0.2) is 0 Å². The summed E-state index contributed by atoms with van der Waals surface area (Å²) in [6, 6.07) is 0. The van der Waals surface area contributed by atoms with Gasteiger partial charge in [0.25, 0.3) is 0 Å². The number of halogens is 1. The number of rotatable bonds is 2. The number of phenolic OH excluding ortho intramolecular Hbond substituents is 1. The summed E-state index contributed by atoms with van der Waals surface area (Å²) in [5.41, 5.74) is 4.33. The number of fused-ring (bicyclic) bond motifs is 1. The molecule has 88 valence electrons. The Morgan fingerprint density at radius 2 is 1.81 bits per heavy atom. The van der Waals surface area contributed by atoms with Crippen LogP contribution in [0.5, 0.6) is 5.75 Å². The third-order valence-corrected chi connectivity index (χ3v) is 3.90. The lowest BCUT2D eigenvalue weighted by Gasteiger charge is -2.23. The van der Waals surface area contributed by atoms with Crippen molar-refractivity contribution in [3.05, 3.63) is 27.3 Å². The largest absolute Gasteiger partial charge is 0.506 e. The molecule has 1 aromatic carbocycles. The summed E-state index contributed by atoms with van der Waals surface area (Å²) in [6.07, 6.45) is 4.81. The standard InChI is InChI=1S/C13H17ClO2/c1-8-9-4-2-3-5-11(9)12(14)13(16)10(8)6-7-15/h15-16H,2-7H2,1H3. The second-order valence-electron chi connectivity index (χ2n) is 4.40. The molecular formula is C13H17ClO2. The van der Waals surface area contributed by atoms with E-state index < -0.39 is 0 Å². The second-order valence-corrected chi connectivity index (χ2v) is 4.78. The van der Waals surface area contributed by atoms with Gasteiger partial charge in [-0.2, -0.15) is 0 Å². The number of hydrogen-bond acceptors (Lipinski definition) is 2. The molecule has 1 aliphatic rings. The Hall–Kier alpha value is -0.730. The summed E-state index contributed by atoms with van der Waals surface area (Å²) >= 11 is 6.19. The molecule has 0 saturated heterocycles. The zero-order chi connectivity index (χ0) is 11.7. The Morgan fingerprint density at radius 1 is 1.19 bits per heavy atom. The SMILES string of the molecule is Cc1c(CCO)c(O)c(Cl)c2c1CCCC2. The first-order valence-electron chi connectivity index (χ1n) is 5.79. The molecule has 0 aromatic heterocycles. The maximum atomic E-state index is 10.0. The van der Waals surface area contributed by atoms with E-state index in [9.17, 15) is 5.11 Å². The zero-order valence-corrected chi connectivity index (χ0v) is 10.3. The predicted molar refractivity (Wildman–Crippen MR) is 65.3 cm³/mol. The van der Waals surface area contributed by atoms with E-state index in [1.54, 1.807) is 0 Å². The first-order chi connectivity index (χ1) is 7.66. The van der Waals surface area contributed by atoms with Crippen molar-refractivity contribution >= 4 is 11.6 Å². The molecule has 0 atom stereocenters. The summed E-state index contributed by atoms with van der Waals surface area (Å²) in [6.45, 7) is 2.06. The van der Waals surface area contributed by atoms with Gasteiger partial charge in [-0.05, 0) is 55.7 Å². The maximum Gasteiger partial charge on any atom is 0.138 e. The fraction of sp³-hybridized carbons (Fsp3) is 0.538. The van der Waals surface area contributed by atoms with Gasteiger partial charge < -0.3 is 10.2 Å². The minimum atomic E-state index is 0.0452. The summed E-state index contributed by atoms with van der Waals surface area (Å²) in [7, 11) is 0. The average Bonchev–Trinajstić information content (AvgIpc) is 2.32. The van der Waals surface area contributed by atoms with Crippen molar-refractivity contribution in [3.63, 3.8) is 0 Å². The highest BCUT2D eigenvalue weighted by Crippen LogP contribution is 2.40. The number of benzene rings is 1. The molecule has 2 rings (SSSR count). The van der Waals surface area contributed by atoms with Gasteiger partial charge in [0.2, 0.25) is 0 Å². The van der Waals surface area contributed by atoms with Crippen molar-refractivity contribution in [2.45, 2.75) is 39.0 Å². The minimum Gasteiger partial charge on any atom is -0.506 e. The quantitative estimate of drug-likeness (QED) is 0.835. The predicted octanol–water partition coefficient (Wildman–Crippen LogP) is 2.77. The van der Waals surface area contributed by atoms with Gasteiger partial charge in [-0.1, -0.05) is 11.6 Å². The van der Waals surface area contributed by atoms with Crippen LogP contribution in [0, 0.1) is 6.92 Å². The van der Waals surface area contributed by atoms with E-state index in [-0.39, 0.29) is 12.4 Å². The van der Waals surface area contributed by atoms with Gasteiger partial charge in [-0.25, -0.2) is 0 Å². The molecule has 1 aromatic rings. The van der Waals surface area contributed by atoms with Gasteiger partial charge in [-0.3, -0.25) is 0 Å². The van der Waals surface area contributed by atoms with Crippen LogP contribution in [-0.4, -0.2) is 16.8 Å². The van der Waals surface area contributed by atoms with E-state index >= 15 is 0 Å². The van der Waals surface area contributed by atoms with Crippen LogP contribution in [-0.2, 0) is 19.3 Å². The van der Waals surface area contributed by atoms with Crippen molar-refractivity contribution < 1.29 is 10.2 Å². The molecule has 0 bridgehead atoms. The van der Waals surface area contributed by atoms with E-state index in [0.717, 1.165) is 36.0 Å². The molecule has 0 saturated carbocycles. The fourth-order valence-electron chi connectivity index (χ4n) is 2.61. The molecule has 0 amide bonds. The third kappa shape index (κ3) is 1.80.